The predicted molar refractivity (Wildman–Crippen MR) is 71.9 cm³/mol. The Balaban J connectivity index is 2.13. The fourth-order valence-electron chi connectivity index (χ4n) is 2.16. The monoisotopic (exact) mass is 267 g/mol. The number of benzene rings is 1. The van der Waals surface area contributed by atoms with Crippen LogP contribution in [0.5, 0.6) is 5.75 Å². The number of carbonyl (C=O) groups excluding carboxylic acids is 1. The van der Waals surface area contributed by atoms with Crippen LogP contribution in [0.1, 0.15) is 38.3 Å². The van der Waals surface area contributed by atoms with Crippen LogP contribution in [0, 0.1) is 5.92 Å². The summed E-state index contributed by atoms with van der Waals surface area (Å²) in [5.74, 6) is 1.16. The Bertz CT molecular complexity index is 445. The number of carbonyl (C=O) groups is 1. The maximum Gasteiger partial charge on any atom is 0.220 e. The summed E-state index contributed by atoms with van der Waals surface area (Å²) in [7, 11) is 0. The fraction of sp³-hybridized carbons (Fsp3) is 0.500. The number of amides is 1. The number of ether oxygens (including phenoxy) is 1. The third kappa shape index (κ3) is 2.96. The van der Waals surface area contributed by atoms with Gasteiger partial charge in [-0.2, -0.15) is 0 Å². The number of halogens is 1. The SMILES string of the molecule is CC(C)CC(=O)NC1CCOc2c(Cl)cccc21. The lowest BCUT2D eigenvalue weighted by atomic mass is 10.00. The van der Waals surface area contributed by atoms with Gasteiger partial charge in [-0.3, -0.25) is 4.79 Å². The third-order valence-corrected chi connectivity index (χ3v) is 3.25. The van der Waals surface area contributed by atoms with Crippen molar-refractivity contribution >= 4 is 17.5 Å². The van der Waals surface area contributed by atoms with E-state index in [-0.39, 0.29) is 11.9 Å². The van der Waals surface area contributed by atoms with E-state index in [1.54, 1.807) is 6.07 Å². The smallest absolute Gasteiger partial charge is 0.220 e. The number of fused-ring (bicyclic) bond motifs is 1. The molecule has 1 aromatic rings. The van der Waals surface area contributed by atoms with E-state index in [1.165, 1.54) is 0 Å². The summed E-state index contributed by atoms with van der Waals surface area (Å²) in [6.07, 6.45) is 1.34. The van der Waals surface area contributed by atoms with Crippen LogP contribution < -0.4 is 10.1 Å². The summed E-state index contributed by atoms with van der Waals surface area (Å²) < 4.78 is 5.56. The van der Waals surface area contributed by atoms with Crippen molar-refractivity contribution in [3.63, 3.8) is 0 Å². The zero-order valence-electron chi connectivity index (χ0n) is 10.7. The average molecular weight is 268 g/mol. The third-order valence-electron chi connectivity index (χ3n) is 2.95. The molecule has 3 nitrogen and oxygen atoms in total. The number of hydrogen-bond acceptors (Lipinski definition) is 2. The molecule has 0 spiro atoms. The molecule has 0 aromatic heterocycles. The van der Waals surface area contributed by atoms with E-state index in [4.69, 9.17) is 16.3 Å². The van der Waals surface area contributed by atoms with Gasteiger partial charge in [0.05, 0.1) is 17.7 Å². The van der Waals surface area contributed by atoms with Crippen molar-refractivity contribution in [2.45, 2.75) is 32.7 Å². The topological polar surface area (TPSA) is 38.3 Å². The van der Waals surface area contributed by atoms with Crippen LogP contribution in [0.25, 0.3) is 0 Å². The highest BCUT2D eigenvalue weighted by Crippen LogP contribution is 2.37. The lowest BCUT2D eigenvalue weighted by molar-refractivity contribution is -0.122. The van der Waals surface area contributed by atoms with Crippen LogP contribution >= 0.6 is 11.6 Å². The van der Waals surface area contributed by atoms with Crippen molar-refractivity contribution in [3.8, 4) is 5.75 Å². The highest BCUT2D eigenvalue weighted by atomic mass is 35.5. The first kappa shape index (κ1) is 13.2. The minimum Gasteiger partial charge on any atom is -0.492 e. The molecule has 18 heavy (non-hydrogen) atoms. The highest BCUT2D eigenvalue weighted by molar-refractivity contribution is 6.32. The quantitative estimate of drug-likeness (QED) is 0.912. The van der Waals surface area contributed by atoms with Gasteiger partial charge in [0.25, 0.3) is 0 Å². The standard InChI is InChI=1S/C14H18ClNO2/c1-9(2)8-13(17)16-12-6-7-18-14-10(12)4-3-5-11(14)15/h3-5,9,12H,6-8H2,1-2H3,(H,16,17). The van der Waals surface area contributed by atoms with E-state index in [0.717, 1.165) is 12.0 Å². The molecule has 1 heterocycles. The Morgan fingerprint density at radius 1 is 1.56 bits per heavy atom. The molecule has 1 unspecified atom stereocenters. The number of para-hydroxylation sites is 1. The molecule has 0 saturated carbocycles. The Hall–Kier alpha value is -1.22. The van der Waals surface area contributed by atoms with Crippen LogP contribution in [-0.4, -0.2) is 12.5 Å². The Morgan fingerprint density at radius 3 is 3.06 bits per heavy atom. The molecule has 1 aliphatic rings. The van der Waals surface area contributed by atoms with E-state index in [9.17, 15) is 4.79 Å². The first-order valence-electron chi connectivity index (χ1n) is 6.28. The molecule has 2 rings (SSSR count). The lowest BCUT2D eigenvalue weighted by Gasteiger charge is -2.27. The van der Waals surface area contributed by atoms with E-state index in [0.29, 0.717) is 29.7 Å². The maximum absolute atomic E-state index is 11.8. The van der Waals surface area contributed by atoms with Gasteiger partial charge in [0.15, 0.2) is 0 Å². The van der Waals surface area contributed by atoms with Gasteiger partial charge in [0.2, 0.25) is 5.91 Å². The van der Waals surface area contributed by atoms with Crippen molar-refractivity contribution in [1.82, 2.24) is 5.32 Å². The minimum absolute atomic E-state index is 0.0127. The van der Waals surface area contributed by atoms with Crippen molar-refractivity contribution in [2.75, 3.05) is 6.61 Å². The summed E-state index contributed by atoms with van der Waals surface area (Å²) in [5.41, 5.74) is 0.978. The van der Waals surface area contributed by atoms with Crippen molar-refractivity contribution < 1.29 is 9.53 Å². The molecule has 4 heteroatoms. The Kier molecular flexibility index (Phi) is 4.12. The van der Waals surface area contributed by atoms with Gasteiger partial charge in [-0.1, -0.05) is 37.6 Å². The van der Waals surface area contributed by atoms with Crippen LogP contribution in [-0.2, 0) is 4.79 Å². The van der Waals surface area contributed by atoms with Crippen molar-refractivity contribution in [3.05, 3.63) is 28.8 Å². The number of rotatable bonds is 3. The van der Waals surface area contributed by atoms with Crippen LogP contribution in [0.4, 0.5) is 0 Å². The number of nitrogens with one attached hydrogen (secondary N) is 1. The zero-order chi connectivity index (χ0) is 13.1. The molecule has 0 bridgehead atoms. The van der Waals surface area contributed by atoms with E-state index < -0.39 is 0 Å². The van der Waals surface area contributed by atoms with Gasteiger partial charge in [-0.25, -0.2) is 0 Å². The van der Waals surface area contributed by atoms with Gasteiger partial charge >= 0.3 is 0 Å². The van der Waals surface area contributed by atoms with Gasteiger partial charge in [-0.15, -0.1) is 0 Å². The Morgan fingerprint density at radius 2 is 2.33 bits per heavy atom. The van der Waals surface area contributed by atoms with Gasteiger partial charge in [0, 0.05) is 18.4 Å². The molecule has 1 amide bonds. The van der Waals surface area contributed by atoms with Crippen molar-refractivity contribution in [1.29, 1.82) is 0 Å². The van der Waals surface area contributed by atoms with Gasteiger partial charge in [-0.05, 0) is 12.0 Å². The summed E-state index contributed by atoms with van der Waals surface area (Å²) in [6, 6.07) is 5.66. The maximum atomic E-state index is 11.8. The second kappa shape index (κ2) is 5.61. The predicted octanol–water partition coefficient (Wildman–Crippen LogP) is 3.33. The first-order chi connectivity index (χ1) is 8.58. The largest absolute Gasteiger partial charge is 0.492 e. The lowest BCUT2D eigenvalue weighted by Crippen LogP contribution is -2.32. The van der Waals surface area contributed by atoms with Gasteiger partial charge in [0.1, 0.15) is 5.75 Å². The van der Waals surface area contributed by atoms with E-state index in [1.807, 2.05) is 26.0 Å². The van der Waals surface area contributed by atoms with E-state index in [2.05, 4.69) is 5.32 Å². The zero-order valence-corrected chi connectivity index (χ0v) is 11.5. The second-order valence-electron chi connectivity index (χ2n) is 5.01. The molecule has 1 aromatic carbocycles. The molecule has 0 fully saturated rings. The molecule has 1 N–H and O–H groups in total. The summed E-state index contributed by atoms with van der Waals surface area (Å²) in [6.45, 7) is 4.66. The molecule has 0 saturated heterocycles. The molecule has 1 atom stereocenters. The fourth-order valence-corrected chi connectivity index (χ4v) is 2.40. The van der Waals surface area contributed by atoms with Crippen LogP contribution in [0.2, 0.25) is 5.02 Å². The highest BCUT2D eigenvalue weighted by Gasteiger charge is 2.24. The first-order valence-corrected chi connectivity index (χ1v) is 6.66. The summed E-state index contributed by atoms with van der Waals surface area (Å²) in [4.78, 5) is 11.8. The summed E-state index contributed by atoms with van der Waals surface area (Å²) >= 11 is 6.09. The van der Waals surface area contributed by atoms with Crippen LogP contribution in [0.3, 0.4) is 0 Å². The van der Waals surface area contributed by atoms with Gasteiger partial charge < -0.3 is 10.1 Å². The molecular formula is C14H18ClNO2. The molecular weight excluding hydrogens is 250 g/mol. The number of hydrogen-bond donors (Lipinski definition) is 1. The average Bonchev–Trinajstić information content (AvgIpc) is 2.29. The summed E-state index contributed by atoms with van der Waals surface area (Å²) in [5, 5.41) is 3.66. The molecule has 1 aliphatic heterocycles. The normalized spacial score (nSPS) is 18.1. The molecule has 0 radical (unpaired) electrons. The Labute approximate surface area is 112 Å². The molecule has 0 aliphatic carbocycles. The second-order valence-corrected chi connectivity index (χ2v) is 5.42. The molecule has 98 valence electrons. The van der Waals surface area contributed by atoms with E-state index >= 15 is 0 Å². The van der Waals surface area contributed by atoms with Crippen molar-refractivity contribution in [2.24, 2.45) is 5.92 Å². The minimum atomic E-state index is 0.0127. The van der Waals surface area contributed by atoms with Crippen LogP contribution in [0.15, 0.2) is 18.2 Å².